The highest BCUT2D eigenvalue weighted by molar-refractivity contribution is 5.91. The van der Waals surface area contributed by atoms with Crippen LogP contribution in [0.15, 0.2) is 60.7 Å². The summed E-state index contributed by atoms with van der Waals surface area (Å²) in [6, 6.07) is 22.4. The number of amides is 2. The predicted octanol–water partition coefficient (Wildman–Crippen LogP) is 9.26. The molecule has 3 nitrogen and oxygen atoms in total. The SMILES string of the molecule is CC(C)c1cccc(C(C)C)c1NC(=O)N(Cc1ccc2c(c1)Cc1ccccc1-2)C1CCCCCC1. The van der Waals surface area contributed by atoms with Gasteiger partial charge in [-0.3, -0.25) is 0 Å². The van der Waals surface area contributed by atoms with Gasteiger partial charge in [0.15, 0.2) is 0 Å². The molecule has 2 aliphatic rings. The van der Waals surface area contributed by atoms with Crippen LogP contribution in [-0.2, 0) is 13.0 Å². The maximum Gasteiger partial charge on any atom is 0.322 e. The number of para-hydroxylation sites is 1. The number of carbonyl (C=O) groups excluding carboxylic acids is 1. The molecular formula is C34H42N2O. The third-order valence-electron chi connectivity index (χ3n) is 8.34. The van der Waals surface area contributed by atoms with E-state index in [2.05, 4.69) is 98.6 Å². The average Bonchev–Trinajstić information content (AvgIpc) is 3.04. The molecule has 194 valence electrons. The van der Waals surface area contributed by atoms with Gasteiger partial charge in [-0.1, -0.05) is 114 Å². The zero-order valence-corrected chi connectivity index (χ0v) is 23.0. The molecule has 0 spiro atoms. The minimum absolute atomic E-state index is 0.0469. The summed E-state index contributed by atoms with van der Waals surface area (Å²) in [6.45, 7) is 9.49. The van der Waals surface area contributed by atoms with Crippen LogP contribution in [0.2, 0.25) is 0 Å². The molecule has 3 aromatic rings. The van der Waals surface area contributed by atoms with E-state index >= 15 is 0 Å². The second-order valence-corrected chi connectivity index (χ2v) is 11.6. The summed E-state index contributed by atoms with van der Waals surface area (Å²) < 4.78 is 0. The lowest BCUT2D eigenvalue weighted by molar-refractivity contribution is 0.175. The molecule has 5 rings (SSSR count). The van der Waals surface area contributed by atoms with Gasteiger partial charge in [0.1, 0.15) is 0 Å². The molecule has 1 saturated carbocycles. The Morgan fingerprint density at radius 3 is 2.14 bits per heavy atom. The number of fused-ring (bicyclic) bond motifs is 3. The van der Waals surface area contributed by atoms with Crippen LogP contribution in [0.4, 0.5) is 10.5 Å². The molecule has 0 radical (unpaired) electrons. The lowest BCUT2D eigenvalue weighted by Crippen LogP contribution is -2.42. The van der Waals surface area contributed by atoms with Crippen LogP contribution >= 0.6 is 0 Å². The molecule has 0 atom stereocenters. The van der Waals surface area contributed by atoms with E-state index in [1.807, 2.05) is 0 Å². The van der Waals surface area contributed by atoms with Crippen LogP contribution in [0.5, 0.6) is 0 Å². The average molecular weight is 495 g/mol. The summed E-state index contributed by atoms with van der Waals surface area (Å²) in [6.07, 6.45) is 8.11. The van der Waals surface area contributed by atoms with E-state index in [1.165, 1.54) is 64.6 Å². The number of nitrogens with one attached hydrogen (secondary N) is 1. The van der Waals surface area contributed by atoms with E-state index in [4.69, 9.17) is 0 Å². The Bertz CT molecular complexity index is 1220. The molecule has 3 aromatic carbocycles. The highest BCUT2D eigenvalue weighted by Gasteiger charge is 2.27. The summed E-state index contributed by atoms with van der Waals surface area (Å²) in [5.74, 6) is 0.692. The highest BCUT2D eigenvalue weighted by Crippen LogP contribution is 2.38. The van der Waals surface area contributed by atoms with Crippen molar-refractivity contribution in [3.8, 4) is 11.1 Å². The largest absolute Gasteiger partial charge is 0.322 e. The van der Waals surface area contributed by atoms with E-state index in [0.717, 1.165) is 24.9 Å². The van der Waals surface area contributed by atoms with Crippen LogP contribution in [0.1, 0.15) is 106 Å². The summed E-state index contributed by atoms with van der Waals surface area (Å²) >= 11 is 0. The van der Waals surface area contributed by atoms with Crippen molar-refractivity contribution in [3.05, 3.63) is 88.5 Å². The van der Waals surface area contributed by atoms with Gasteiger partial charge in [0.05, 0.1) is 0 Å². The first kappa shape index (κ1) is 25.6. The first-order chi connectivity index (χ1) is 17.9. The smallest absolute Gasteiger partial charge is 0.317 e. The van der Waals surface area contributed by atoms with Crippen molar-refractivity contribution in [1.82, 2.24) is 4.90 Å². The van der Waals surface area contributed by atoms with Gasteiger partial charge in [0.25, 0.3) is 0 Å². The van der Waals surface area contributed by atoms with Crippen LogP contribution < -0.4 is 5.32 Å². The van der Waals surface area contributed by atoms with Crippen LogP contribution in [0.3, 0.4) is 0 Å². The van der Waals surface area contributed by atoms with Crippen molar-refractivity contribution in [3.63, 3.8) is 0 Å². The first-order valence-corrected chi connectivity index (χ1v) is 14.3. The fraction of sp³-hybridized carbons (Fsp3) is 0.441. The number of anilines is 1. The molecule has 0 aliphatic heterocycles. The van der Waals surface area contributed by atoms with Gasteiger partial charge in [-0.25, -0.2) is 4.79 Å². The number of hydrogen-bond donors (Lipinski definition) is 1. The van der Waals surface area contributed by atoms with Gasteiger partial charge < -0.3 is 10.2 Å². The fourth-order valence-electron chi connectivity index (χ4n) is 6.30. The molecule has 1 fully saturated rings. The molecule has 0 saturated heterocycles. The molecule has 37 heavy (non-hydrogen) atoms. The maximum atomic E-state index is 14.1. The Morgan fingerprint density at radius 1 is 0.811 bits per heavy atom. The molecule has 0 unspecified atom stereocenters. The lowest BCUT2D eigenvalue weighted by Gasteiger charge is -2.33. The van der Waals surface area contributed by atoms with Gasteiger partial charge in [-0.2, -0.15) is 0 Å². The third kappa shape index (κ3) is 5.46. The van der Waals surface area contributed by atoms with Crippen LogP contribution in [-0.4, -0.2) is 17.0 Å². The minimum Gasteiger partial charge on any atom is -0.317 e. The number of hydrogen-bond acceptors (Lipinski definition) is 1. The standard InChI is InChI=1S/C34H42N2O/c1-23(2)29-16-11-17-30(24(3)4)33(29)35-34(37)36(28-13-7-5-6-8-14-28)22-25-18-19-32-27(20-25)21-26-12-9-10-15-31(26)32/h9-12,15-20,23-24,28H,5-8,13-14,21-22H2,1-4H3,(H,35,37). The van der Waals surface area contributed by atoms with Crippen molar-refractivity contribution in [2.75, 3.05) is 5.32 Å². The number of urea groups is 1. The lowest BCUT2D eigenvalue weighted by atomic mass is 9.92. The Morgan fingerprint density at radius 2 is 1.46 bits per heavy atom. The Labute approximate surface area is 223 Å². The van der Waals surface area contributed by atoms with Crippen molar-refractivity contribution in [2.45, 2.75) is 97.1 Å². The third-order valence-corrected chi connectivity index (χ3v) is 8.34. The normalized spacial score (nSPS) is 15.4. The van der Waals surface area contributed by atoms with E-state index in [1.54, 1.807) is 0 Å². The van der Waals surface area contributed by atoms with Gasteiger partial charge in [0.2, 0.25) is 0 Å². The summed E-state index contributed by atoms with van der Waals surface area (Å²) in [7, 11) is 0. The minimum atomic E-state index is 0.0469. The van der Waals surface area contributed by atoms with E-state index in [9.17, 15) is 4.79 Å². The van der Waals surface area contributed by atoms with E-state index in [0.29, 0.717) is 18.4 Å². The molecule has 3 heteroatoms. The van der Waals surface area contributed by atoms with E-state index < -0.39 is 0 Å². The Hall–Kier alpha value is -3.07. The van der Waals surface area contributed by atoms with Gasteiger partial charge in [-0.15, -0.1) is 0 Å². The predicted molar refractivity (Wildman–Crippen MR) is 155 cm³/mol. The van der Waals surface area contributed by atoms with Crippen LogP contribution in [0, 0.1) is 0 Å². The number of nitrogens with zero attached hydrogens (tertiary/aromatic N) is 1. The van der Waals surface area contributed by atoms with Gasteiger partial charge in [0, 0.05) is 18.3 Å². The van der Waals surface area contributed by atoms with Crippen molar-refractivity contribution in [1.29, 1.82) is 0 Å². The maximum absolute atomic E-state index is 14.1. The van der Waals surface area contributed by atoms with Crippen molar-refractivity contribution < 1.29 is 4.79 Å². The monoisotopic (exact) mass is 494 g/mol. The Kier molecular flexibility index (Phi) is 7.69. The second kappa shape index (κ2) is 11.1. The molecule has 2 aliphatic carbocycles. The fourth-order valence-corrected chi connectivity index (χ4v) is 6.30. The van der Waals surface area contributed by atoms with Gasteiger partial charge >= 0.3 is 6.03 Å². The zero-order chi connectivity index (χ0) is 25.9. The molecule has 0 heterocycles. The topological polar surface area (TPSA) is 32.3 Å². The van der Waals surface area contributed by atoms with Gasteiger partial charge in [-0.05, 0) is 70.0 Å². The van der Waals surface area contributed by atoms with E-state index in [-0.39, 0.29) is 12.1 Å². The summed E-state index contributed by atoms with van der Waals surface area (Å²) in [5.41, 5.74) is 10.2. The molecule has 0 aromatic heterocycles. The summed E-state index contributed by atoms with van der Waals surface area (Å²) in [4.78, 5) is 16.3. The number of rotatable bonds is 6. The van der Waals surface area contributed by atoms with Crippen molar-refractivity contribution >= 4 is 11.7 Å². The van der Waals surface area contributed by atoms with Crippen LogP contribution in [0.25, 0.3) is 11.1 Å². The quantitative estimate of drug-likeness (QED) is 0.266. The number of benzene rings is 3. The molecule has 0 bridgehead atoms. The highest BCUT2D eigenvalue weighted by atomic mass is 16.2. The molecule has 2 amide bonds. The second-order valence-electron chi connectivity index (χ2n) is 11.6. The molecular weight excluding hydrogens is 452 g/mol. The molecule has 1 N–H and O–H groups in total. The zero-order valence-electron chi connectivity index (χ0n) is 23.0. The first-order valence-electron chi connectivity index (χ1n) is 14.3. The summed E-state index contributed by atoms with van der Waals surface area (Å²) in [5, 5.41) is 3.43. The Balaban J connectivity index is 1.45. The van der Waals surface area contributed by atoms with Crippen molar-refractivity contribution in [2.24, 2.45) is 0 Å². The number of carbonyl (C=O) groups is 1.